The van der Waals surface area contributed by atoms with Crippen molar-refractivity contribution in [2.45, 2.75) is 32.7 Å². The molecule has 1 aliphatic heterocycles. The van der Waals surface area contributed by atoms with Crippen molar-refractivity contribution in [2.24, 2.45) is 0 Å². The number of hydrogen-bond donors (Lipinski definition) is 1. The van der Waals surface area contributed by atoms with E-state index in [9.17, 15) is 0 Å². The van der Waals surface area contributed by atoms with Crippen molar-refractivity contribution in [2.75, 3.05) is 43.4 Å². The Labute approximate surface area is 116 Å². The van der Waals surface area contributed by atoms with Crippen LogP contribution >= 0.6 is 0 Å². The Bertz CT molecular complexity index is 364. The second kappa shape index (κ2) is 6.75. The highest BCUT2D eigenvalue weighted by Crippen LogP contribution is 2.18. The summed E-state index contributed by atoms with van der Waals surface area (Å²) in [6.07, 6.45) is 4.40. The highest BCUT2D eigenvalue weighted by atomic mass is 15.2. The number of pyridine rings is 1. The van der Waals surface area contributed by atoms with E-state index in [1.165, 1.54) is 25.9 Å². The lowest BCUT2D eigenvalue weighted by Crippen LogP contribution is -2.36. The summed E-state index contributed by atoms with van der Waals surface area (Å²) in [6.45, 7) is 8.70. The van der Waals surface area contributed by atoms with Crippen LogP contribution in [-0.4, -0.2) is 49.2 Å². The van der Waals surface area contributed by atoms with Gasteiger partial charge in [-0.1, -0.05) is 0 Å². The first-order valence-corrected chi connectivity index (χ1v) is 7.39. The van der Waals surface area contributed by atoms with Gasteiger partial charge in [0.25, 0.3) is 0 Å². The summed E-state index contributed by atoms with van der Waals surface area (Å²) in [6, 6.07) is 4.86. The summed E-state index contributed by atoms with van der Waals surface area (Å²) < 4.78 is 0. The van der Waals surface area contributed by atoms with Gasteiger partial charge < -0.3 is 15.1 Å². The minimum absolute atomic E-state index is 0.595. The lowest BCUT2D eigenvalue weighted by Gasteiger charge is -2.30. The van der Waals surface area contributed by atoms with Gasteiger partial charge in [0.2, 0.25) is 0 Å². The zero-order valence-electron chi connectivity index (χ0n) is 12.4. The average Bonchev–Trinajstić information content (AvgIpc) is 2.44. The monoisotopic (exact) mass is 262 g/mol. The fourth-order valence-electron chi connectivity index (χ4n) is 2.59. The molecule has 1 N–H and O–H groups in total. The van der Waals surface area contributed by atoms with Crippen molar-refractivity contribution in [3.05, 3.63) is 18.3 Å². The summed E-state index contributed by atoms with van der Waals surface area (Å²) in [5.41, 5.74) is 1.14. The van der Waals surface area contributed by atoms with Crippen LogP contribution in [0.25, 0.3) is 0 Å². The average molecular weight is 262 g/mol. The van der Waals surface area contributed by atoms with Crippen molar-refractivity contribution < 1.29 is 0 Å². The number of rotatable bonds is 5. The standard InChI is InChI=1S/C15H26N4/c1-4-19(5-2)15-7-6-14(12-16-15)17-13-8-10-18(3)11-9-13/h6-7,12-13,17H,4-5,8-11H2,1-3H3. The molecular formula is C15H26N4. The largest absolute Gasteiger partial charge is 0.381 e. The quantitative estimate of drug-likeness (QED) is 0.883. The van der Waals surface area contributed by atoms with Gasteiger partial charge in [0, 0.05) is 19.1 Å². The molecule has 0 aliphatic carbocycles. The summed E-state index contributed by atoms with van der Waals surface area (Å²) in [7, 11) is 2.19. The molecule has 1 aromatic heterocycles. The molecular weight excluding hydrogens is 236 g/mol. The van der Waals surface area contributed by atoms with Gasteiger partial charge >= 0.3 is 0 Å². The molecule has 4 nitrogen and oxygen atoms in total. The van der Waals surface area contributed by atoms with Gasteiger partial charge in [-0.3, -0.25) is 0 Å². The number of piperidine rings is 1. The minimum Gasteiger partial charge on any atom is -0.381 e. The Morgan fingerprint density at radius 3 is 2.47 bits per heavy atom. The number of nitrogens with zero attached hydrogens (tertiary/aromatic N) is 3. The topological polar surface area (TPSA) is 31.4 Å². The van der Waals surface area contributed by atoms with Crippen LogP contribution in [0.4, 0.5) is 11.5 Å². The van der Waals surface area contributed by atoms with E-state index in [4.69, 9.17) is 0 Å². The van der Waals surface area contributed by atoms with E-state index in [1.807, 2.05) is 6.20 Å². The van der Waals surface area contributed by atoms with E-state index in [2.05, 4.69) is 53.1 Å². The number of likely N-dealkylation sites (tertiary alicyclic amines) is 1. The molecule has 1 fully saturated rings. The van der Waals surface area contributed by atoms with Gasteiger partial charge in [-0.05, 0) is 59.0 Å². The molecule has 2 heterocycles. The Balaban J connectivity index is 1.91. The molecule has 0 unspecified atom stereocenters. The maximum atomic E-state index is 4.55. The van der Waals surface area contributed by atoms with Crippen LogP contribution in [0.1, 0.15) is 26.7 Å². The van der Waals surface area contributed by atoms with Crippen LogP contribution in [0.3, 0.4) is 0 Å². The first-order chi connectivity index (χ1) is 9.22. The summed E-state index contributed by atoms with van der Waals surface area (Å²) in [5, 5.41) is 3.60. The predicted octanol–water partition coefficient (Wildman–Crippen LogP) is 2.43. The van der Waals surface area contributed by atoms with Crippen molar-refractivity contribution >= 4 is 11.5 Å². The Hall–Kier alpha value is -1.29. The highest BCUT2D eigenvalue weighted by Gasteiger charge is 2.16. The van der Waals surface area contributed by atoms with Crippen molar-refractivity contribution in [1.82, 2.24) is 9.88 Å². The van der Waals surface area contributed by atoms with Crippen LogP contribution in [0.15, 0.2) is 18.3 Å². The fourth-order valence-corrected chi connectivity index (χ4v) is 2.59. The van der Waals surface area contributed by atoms with Gasteiger partial charge in [-0.25, -0.2) is 4.98 Å². The first kappa shape index (κ1) is 14.1. The third-order valence-electron chi connectivity index (χ3n) is 3.92. The van der Waals surface area contributed by atoms with Crippen LogP contribution in [0.5, 0.6) is 0 Å². The van der Waals surface area contributed by atoms with Gasteiger partial charge in [0.05, 0.1) is 11.9 Å². The third-order valence-corrected chi connectivity index (χ3v) is 3.92. The lowest BCUT2D eigenvalue weighted by atomic mass is 10.1. The molecule has 0 saturated carbocycles. The van der Waals surface area contributed by atoms with E-state index in [0.29, 0.717) is 6.04 Å². The second-order valence-electron chi connectivity index (χ2n) is 5.30. The van der Waals surface area contributed by atoms with Crippen molar-refractivity contribution in [3.63, 3.8) is 0 Å². The molecule has 1 aliphatic rings. The number of nitrogens with one attached hydrogen (secondary N) is 1. The van der Waals surface area contributed by atoms with Crippen molar-refractivity contribution in [1.29, 1.82) is 0 Å². The number of hydrogen-bond acceptors (Lipinski definition) is 4. The van der Waals surface area contributed by atoms with E-state index in [-0.39, 0.29) is 0 Å². The lowest BCUT2D eigenvalue weighted by molar-refractivity contribution is 0.264. The molecule has 106 valence electrons. The van der Waals surface area contributed by atoms with Crippen molar-refractivity contribution in [3.8, 4) is 0 Å². The van der Waals surface area contributed by atoms with E-state index in [0.717, 1.165) is 24.6 Å². The van der Waals surface area contributed by atoms with E-state index >= 15 is 0 Å². The van der Waals surface area contributed by atoms with E-state index in [1.54, 1.807) is 0 Å². The molecule has 0 radical (unpaired) electrons. The molecule has 1 saturated heterocycles. The first-order valence-electron chi connectivity index (χ1n) is 7.39. The van der Waals surface area contributed by atoms with Crippen LogP contribution in [0, 0.1) is 0 Å². The Kier molecular flexibility index (Phi) is 5.02. The van der Waals surface area contributed by atoms with Crippen LogP contribution in [-0.2, 0) is 0 Å². The summed E-state index contributed by atoms with van der Waals surface area (Å²) in [5.74, 6) is 1.07. The molecule has 0 aromatic carbocycles. The molecule has 2 rings (SSSR count). The Morgan fingerprint density at radius 2 is 1.95 bits per heavy atom. The normalized spacial score (nSPS) is 17.4. The van der Waals surface area contributed by atoms with Crippen LogP contribution < -0.4 is 10.2 Å². The maximum Gasteiger partial charge on any atom is 0.128 e. The molecule has 0 spiro atoms. The van der Waals surface area contributed by atoms with E-state index < -0.39 is 0 Å². The number of anilines is 2. The summed E-state index contributed by atoms with van der Waals surface area (Å²) >= 11 is 0. The minimum atomic E-state index is 0.595. The predicted molar refractivity (Wildman–Crippen MR) is 81.9 cm³/mol. The van der Waals surface area contributed by atoms with Gasteiger partial charge in [0.15, 0.2) is 0 Å². The van der Waals surface area contributed by atoms with Gasteiger partial charge in [-0.2, -0.15) is 0 Å². The van der Waals surface area contributed by atoms with Crippen LogP contribution in [0.2, 0.25) is 0 Å². The Morgan fingerprint density at radius 1 is 1.26 bits per heavy atom. The number of aromatic nitrogens is 1. The molecule has 19 heavy (non-hydrogen) atoms. The molecule has 0 amide bonds. The zero-order chi connectivity index (χ0) is 13.7. The summed E-state index contributed by atoms with van der Waals surface area (Å²) in [4.78, 5) is 9.21. The zero-order valence-corrected chi connectivity index (χ0v) is 12.4. The highest BCUT2D eigenvalue weighted by molar-refractivity contribution is 5.49. The molecule has 0 bridgehead atoms. The fraction of sp³-hybridized carbons (Fsp3) is 0.667. The SMILES string of the molecule is CCN(CC)c1ccc(NC2CCN(C)CC2)cn1. The third kappa shape index (κ3) is 3.83. The maximum absolute atomic E-state index is 4.55. The van der Waals surface area contributed by atoms with Gasteiger partial charge in [0.1, 0.15) is 5.82 Å². The second-order valence-corrected chi connectivity index (χ2v) is 5.30. The molecule has 0 atom stereocenters. The molecule has 1 aromatic rings. The smallest absolute Gasteiger partial charge is 0.128 e. The van der Waals surface area contributed by atoms with Gasteiger partial charge in [-0.15, -0.1) is 0 Å². The molecule has 4 heteroatoms.